The van der Waals surface area contributed by atoms with Crippen molar-refractivity contribution >= 4 is 45.8 Å². The molecule has 2 saturated heterocycles. The molecule has 6 nitrogen and oxygen atoms in total. The van der Waals surface area contributed by atoms with Crippen molar-refractivity contribution in [3.05, 3.63) is 71.3 Å². The third-order valence-corrected chi connectivity index (χ3v) is 7.17. The summed E-state index contributed by atoms with van der Waals surface area (Å²) in [5, 5.41) is -3.07. The van der Waals surface area contributed by atoms with Crippen LogP contribution in [0.15, 0.2) is 48.5 Å². The van der Waals surface area contributed by atoms with Crippen molar-refractivity contribution in [2.24, 2.45) is 0 Å². The SMILES string of the molecule is O=C1S[C@@H]([C@H]2SC(=O)N(Cc3ccc(F)cc3)C2=O)C(=O)N1Cc1ccc(F)cc1. The first kappa shape index (κ1) is 20.5. The maximum atomic E-state index is 13.1. The number of hydrogen-bond donors (Lipinski definition) is 0. The number of halogens is 2. The molecule has 30 heavy (non-hydrogen) atoms. The number of nitrogens with zero attached hydrogens (tertiary/aromatic N) is 2. The third kappa shape index (κ3) is 3.97. The Kier molecular flexibility index (Phi) is 5.61. The van der Waals surface area contributed by atoms with E-state index in [9.17, 15) is 28.0 Å². The zero-order chi connectivity index (χ0) is 21.4. The predicted octanol–water partition coefficient (Wildman–Crippen LogP) is 3.79. The number of amides is 4. The Balaban J connectivity index is 1.47. The van der Waals surface area contributed by atoms with Crippen LogP contribution in [0, 0.1) is 11.6 Å². The number of rotatable bonds is 5. The Hall–Kier alpha value is -2.72. The van der Waals surface area contributed by atoms with Crippen LogP contribution in [0.4, 0.5) is 18.4 Å². The predicted molar refractivity (Wildman–Crippen MR) is 107 cm³/mol. The normalized spacial score (nSPS) is 21.8. The molecule has 4 amide bonds. The van der Waals surface area contributed by atoms with E-state index in [2.05, 4.69) is 0 Å². The fraction of sp³-hybridized carbons (Fsp3) is 0.200. The molecular weight excluding hydrogens is 434 g/mol. The van der Waals surface area contributed by atoms with Gasteiger partial charge in [0.25, 0.3) is 10.5 Å². The highest BCUT2D eigenvalue weighted by atomic mass is 32.2. The summed E-state index contributed by atoms with van der Waals surface area (Å²) < 4.78 is 26.1. The molecule has 0 radical (unpaired) electrons. The van der Waals surface area contributed by atoms with Crippen LogP contribution in [-0.4, -0.2) is 42.6 Å². The first-order chi connectivity index (χ1) is 14.3. The minimum atomic E-state index is -1.02. The Morgan fingerprint density at radius 3 is 1.30 bits per heavy atom. The van der Waals surface area contributed by atoms with Crippen LogP contribution in [0.3, 0.4) is 0 Å². The molecule has 2 aliphatic rings. The van der Waals surface area contributed by atoms with E-state index in [0.29, 0.717) is 34.7 Å². The molecule has 0 unspecified atom stereocenters. The van der Waals surface area contributed by atoms with Crippen molar-refractivity contribution < 1.29 is 28.0 Å². The fourth-order valence-corrected chi connectivity index (χ4v) is 5.41. The monoisotopic (exact) mass is 448 g/mol. The highest BCUT2D eigenvalue weighted by Crippen LogP contribution is 2.40. The van der Waals surface area contributed by atoms with Gasteiger partial charge in [0, 0.05) is 0 Å². The highest BCUT2D eigenvalue weighted by Gasteiger charge is 2.52. The van der Waals surface area contributed by atoms with Gasteiger partial charge in [-0.05, 0) is 58.9 Å². The summed E-state index contributed by atoms with van der Waals surface area (Å²) in [5.74, 6) is -1.98. The Bertz CT molecular complexity index is 947. The van der Waals surface area contributed by atoms with Gasteiger partial charge < -0.3 is 0 Å². The second-order valence-electron chi connectivity index (χ2n) is 6.71. The molecular formula is C20H14F2N2O4S2. The van der Waals surface area contributed by atoms with E-state index in [0.717, 1.165) is 9.80 Å². The Morgan fingerprint density at radius 1 is 0.633 bits per heavy atom. The summed E-state index contributed by atoms with van der Waals surface area (Å²) >= 11 is 1.42. The maximum Gasteiger partial charge on any atom is 0.289 e. The topological polar surface area (TPSA) is 74.8 Å². The molecule has 2 fully saturated rings. The summed E-state index contributed by atoms with van der Waals surface area (Å²) in [5.41, 5.74) is 1.14. The average molecular weight is 448 g/mol. The molecule has 2 aromatic carbocycles. The molecule has 0 spiro atoms. The van der Waals surface area contributed by atoms with E-state index in [1.54, 1.807) is 0 Å². The van der Waals surface area contributed by atoms with E-state index in [1.165, 1.54) is 48.5 Å². The molecule has 0 bridgehead atoms. The van der Waals surface area contributed by atoms with Crippen LogP contribution >= 0.6 is 23.5 Å². The lowest BCUT2D eigenvalue weighted by molar-refractivity contribution is -0.132. The Morgan fingerprint density at radius 2 is 0.967 bits per heavy atom. The fourth-order valence-electron chi connectivity index (χ4n) is 3.14. The molecule has 2 aliphatic heterocycles. The molecule has 154 valence electrons. The van der Waals surface area contributed by atoms with Gasteiger partial charge in [-0.1, -0.05) is 24.3 Å². The lowest BCUT2D eigenvalue weighted by Gasteiger charge is -2.17. The van der Waals surface area contributed by atoms with E-state index in [4.69, 9.17) is 0 Å². The van der Waals surface area contributed by atoms with Crippen LogP contribution < -0.4 is 0 Å². The minimum Gasteiger partial charge on any atom is -0.273 e. The summed E-state index contributed by atoms with van der Waals surface area (Å²) in [4.78, 5) is 52.3. The van der Waals surface area contributed by atoms with Gasteiger partial charge in [0.2, 0.25) is 11.8 Å². The first-order valence-electron chi connectivity index (χ1n) is 8.86. The van der Waals surface area contributed by atoms with Crippen LogP contribution in [0.25, 0.3) is 0 Å². The van der Waals surface area contributed by atoms with Gasteiger partial charge in [-0.2, -0.15) is 0 Å². The number of benzene rings is 2. The molecule has 0 aromatic heterocycles. The van der Waals surface area contributed by atoms with Crippen molar-refractivity contribution in [3.8, 4) is 0 Å². The molecule has 2 atom stereocenters. The minimum absolute atomic E-state index is 0.0414. The molecule has 0 saturated carbocycles. The quantitative estimate of drug-likeness (QED) is 0.693. The summed E-state index contributed by atoms with van der Waals surface area (Å²) in [6.45, 7) is -0.0828. The lowest BCUT2D eigenvalue weighted by Crippen LogP contribution is -2.40. The standard InChI is InChI=1S/C20H14F2N2O4S2/c21-13-5-1-11(2-6-13)9-23-17(25)15(29-19(23)27)16-18(26)24(20(28)30-16)10-12-3-7-14(22)8-4-12/h1-8,15-16H,9-10H2/t15-,16+. The summed E-state index contributed by atoms with van der Waals surface area (Å²) in [6.07, 6.45) is 0. The summed E-state index contributed by atoms with van der Waals surface area (Å²) in [6, 6.07) is 10.8. The van der Waals surface area contributed by atoms with Gasteiger partial charge in [-0.3, -0.25) is 29.0 Å². The van der Waals surface area contributed by atoms with E-state index in [1.807, 2.05) is 0 Å². The largest absolute Gasteiger partial charge is 0.289 e. The number of hydrogen-bond acceptors (Lipinski definition) is 6. The van der Waals surface area contributed by atoms with Crippen molar-refractivity contribution in [1.29, 1.82) is 0 Å². The van der Waals surface area contributed by atoms with Gasteiger partial charge in [0.1, 0.15) is 22.1 Å². The van der Waals surface area contributed by atoms with Crippen LogP contribution in [-0.2, 0) is 22.7 Å². The van der Waals surface area contributed by atoms with Gasteiger partial charge in [-0.15, -0.1) is 0 Å². The first-order valence-corrected chi connectivity index (χ1v) is 10.6. The van der Waals surface area contributed by atoms with Crippen LogP contribution in [0.5, 0.6) is 0 Å². The van der Waals surface area contributed by atoms with E-state index in [-0.39, 0.29) is 13.1 Å². The van der Waals surface area contributed by atoms with Crippen molar-refractivity contribution in [3.63, 3.8) is 0 Å². The van der Waals surface area contributed by atoms with Gasteiger partial charge in [-0.25, -0.2) is 8.78 Å². The molecule has 2 aromatic rings. The zero-order valence-electron chi connectivity index (χ0n) is 15.3. The molecule has 0 N–H and O–H groups in total. The number of imide groups is 2. The molecule has 10 heteroatoms. The van der Waals surface area contributed by atoms with Crippen LogP contribution in [0.2, 0.25) is 0 Å². The average Bonchev–Trinajstić information content (AvgIpc) is 3.15. The molecule has 0 aliphatic carbocycles. The second kappa shape index (κ2) is 8.19. The zero-order valence-corrected chi connectivity index (χ0v) is 16.9. The maximum absolute atomic E-state index is 13.1. The Labute approximate surface area is 178 Å². The number of carbonyl (C=O) groups excluding carboxylic acids is 4. The van der Waals surface area contributed by atoms with E-state index < -0.39 is 44.4 Å². The summed E-state index contributed by atoms with van der Waals surface area (Å²) in [7, 11) is 0. The lowest BCUT2D eigenvalue weighted by atomic mass is 10.1. The second-order valence-corrected chi connectivity index (χ2v) is 8.90. The van der Waals surface area contributed by atoms with Crippen LogP contribution in [0.1, 0.15) is 11.1 Å². The van der Waals surface area contributed by atoms with Gasteiger partial charge in [0.15, 0.2) is 0 Å². The van der Waals surface area contributed by atoms with Gasteiger partial charge in [0.05, 0.1) is 13.1 Å². The number of carbonyl (C=O) groups is 4. The van der Waals surface area contributed by atoms with Crippen molar-refractivity contribution in [1.82, 2.24) is 9.80 Å². The smallest absolute Gasteiger partial charge is 0.273 e. The van der Waals surface area contributed by atoms with E-state index >= 15 is 0 Å². The third-order valence-electron chi connectivity index (χ3n) is 4.70. The molecule has 4 rings (SSSR count). The number of thioether (sulfide) groups is 2. The molecule has 2 heterocycles. The van der Waals surface area contributed by atoms with Gasteiger partial charge >= 0.3 is 0 Å². The van der Waals surface area contributed by atoms with Crippen molar-refractivity contribution in [2.75, 3.05) is 0 Å². The van der Waals surface area contributed by atoms with Crippen molar-refractivity contribution in [2.45, 2.75) is 23.6 Å². The highest BCUT2D eigenvalue weighted by molar-refractivity contribution is 8.19.